The smallest absolute Gasteiger partial charge is 0.242 e. The van der Waals surface area contributed by atoms with Crippen molar-refractivity contribution < 1.29 is 9.18 Å². The van der Waals surface area contributed by atoms with Gasteiger partial charge in [0.25, 0.3) is 0 Å². The number of nitrogens with one attached hydrogen (secondary N) is 2. The van der Waals surface area contributed by atoms with Crippen LogP contribution in [0.4, 0.5) is 15.8 Å². The van der Waals surface area contributed by atoms with Crippen LogP contribution in [0.3, 0.4) is 0 Å². The molecule has 4 nitrogen and oxygen atoms in total. The molecule has 0 aromatic heterocycles. The summed E-state index contributed by atoms with van der Waals surface area (Å²) in [5.41, 5.74) is 3.19. The molecule has 0 spiro atoms. The maximum absolute atomic E-state index is 12.9. The first-order valence-electron chi connectivity index (χ1n) is 9.75. The maximum atomic E-state index is 12.9. The van der Waals surface area contributed by atoms with E-state index in [1.807, 2.05) is 19.1 Å². The number of amides is 1. The number of carbonyl (C=O) groups excluding carboxylic acids is 1. The van der Waals surface area contributed by atoms with Crippen LogP contribution in [0.2, 0.25) is 0 Å². The highest BCUT2D eigenvalue weighted by Crippen LogP contribution is 2.22. The second kappa shape index (κ2) is 9.40. The normalized spacial score (nSPS) is 15.3. The second-order valence-corrected chi connectivity index (χ2v) is 7.13. The number of nitrogens with zero attached hydrogens (tertiary/aromatic N) is 1. The molecule has 1 saturated heterocycles. The number of anilines is 2. The van der Waals surface area contributed by atoms with Gasteiger partial charge in [-0.1, -0.05) is 12.1 Å². The van der Waals surface area contributed by atoms with Crippen molar-refractivity contribution in [2.24, 2.45) is 0 Å². The Kier molecular flexibility index (Phi) is 6.69. The van der Waals surface area contributed by atoms with Gasteiger partial charge in [-0.05, 0) is 74.6 Å². The Bertz CT molecular complexity index is 724. The molecule has 1 fully saturated rings. The second-order valence-electron chi connectivity index (χ2n) is 7.13. The number of hydrogen-bond donors (Lipinski definition) is 2. The lowest BCUT2D eigenvalue weighted by atomic mass is 10.1. The molecule has 0 aliphatic carbocycles. The van der Waals surface area contributed by atoms with Crippen molar-refractivity contribution in [3.63, 3.8) is 0 Å². The highest BCUT2D eigenvalue weighted by atomic mass is 19.1. The molecule has 3 rings (SSSR count). The summed E-state index contributed by atoms with van der Waals surface area (Å²) in [5.74, 6) is -0.288. The highest BCUT2D eigenvalue weighted by Gasteiger charge is 2.13. The molecular formula is C22H28FN3O. The Balaban J connectivity index is 1.43. The van der Waals surface area contributed by atoms with Gasteiger partial charge >= 0.3 is 0 Å². The number of piperidine rings is 1. The zero-order valence-electron chi connectivity index (χ0n) is 15.9. The fourth-order valence-electron chi connectivity index (χ4n) is 3.37. The van der Waals surface area contributed by atoms with Gasteiger partial charge in [-0.3, -0.25) is 4.79 Å². The SMILES string of the molecule is CC(Nc1ccc(N2CCCCC2)cc1)C(=O)NCCc1ccc(F)cc1. The molecule has 1 unspecified atom stereocenters. The summed E-state index contributed by atoms with van der Waals surface area (Å²) in [6.07, 6.45) is 4.53. The monoisotopic (exact) mass is 369 g/mol. The summed E-state index contributed by atoms with van der Waals surface area (Å²) < 4.78 is 12.9. The number of benzene rings is 2. The van der Waals surface area contributed by atoms with Crippen LogP contribution in [0.1, 0.15) is 31.7 Å². The fraction of sp³-hybridized carbons (Fsp3) is 0.409. The van der Waals surface area contributed by atoms with Crippen LogP contribution >= 0.6 is 0 Å². The van der Waals surface area contributed by atoms with E-state index in [2.05, 4.69) is 27.7 Å². The van der Waals surface area contributed by atoms with Crippen molar-refractivity contribution in [2.75, 3.05) is 29.9 Å². The Labute approximate surface area is 160 Å². The molecule has 2 aromatic carbocycles. The predicted octanol–water partition coefficient (Wildman–Crippen LogP) is 3.98. The molecule has 0 saturated carbocycles. The zero-order valence-corrected chi connectivity index (χ0v) is 15.9. The van der Waals surface area contributed by atoms with E-state index in [1.54, 1.807) is 12.1 Å². The fourth-order valence-corrected chi connectivity index (χ4v) is 3.37. The molecule has 5 heteroatoms. The molecule has 1 heterocycles. The number of halogens is 1. The molecule has 2 N–H and O–H groups in total. The minimum Gasteiger partial charge on any atom is -0.374 e. The van der Waals surface area contributed by atoms with E-state index in [1.165, 1.54) is 37.1 Å². The van der Waals surface area contributed by atoms with Crippen LogP contribution in [0.25, 0.3) is 0 Å². The molecule has 1 atom stereocenters. The van der Waals surface area contributed by atoms with E-state index in [0.29, 0.717) is 13.0 Å². The third-order valence-corrected chi connectivity index (χ3v) is 4.99. The van der Waals surface area contributed by atoms with Gasteiger partial charge in [-0.15, -0.1) is 0 Å². The topological polar surface area (TPSA) is 44.4 Å². The lowest BCUT2D eigenvalue weighted by Crippen LogP contribution is -2.38. The maximum Gasteiger partial charge on any atom is 0.242 e. The standard InChI is InChI=1S/C22H28FN3O/c1-17(22(27)24-14-13-18-5-7-19(23)8-6-18)25-20-9-11-21(12-10-20)26-15-3-2-4-16-26/h5-12,17,25H,2-4,13-16H2,1H3,(H,24,27). The van der Waals surface area contributed by atoms with Crippen molar-refractivity contribution in [2.45, 2.75) is 38.6 Å². The molecule has 1 aliphatic rings. The average molecular weight is 369 g/mol. The summed E-state index contributed by atoms with van der Waals surface area (Å²) in [7, 11) is 0. The van der Waals surface area contributed by atoms with Crippen molar-refractivity contribution in [1.82, 2.24) is 5.32 Å². The quantitative estimate of drug-likeness (QED) is 0.776. The van der Waals surface area contributed by atoms with Crippen molar-refractivity contribution in [3.05, 3.63) is 59.9 Å². The molecule has 0 bridgehead atoms. The lowest BCUT2D eigenvalue weighted by Gasteiger charge is -2.29. The van der Waals surface area contributed by atoms with E-state index >= 15 is 0 Å². The first-order chi connectivity index (χ1) is 13.1. The Morgan fingerprint density at radius 2 is 1.70 bits per heavy atom. The predicted molar refractivity (Wildman–Crippen MR) is 109 cm³/mol. The van der Waals surface area contributed by atoms with Gasteiger partial charge in [0.1, 0.15) is 11.9 Å². The van der Waals surface area contributed by atoms with Crippen LogP contribution in [-0.4, -0.2) is 31.6 Å². The summed E-state index contributed by atoms with van der Waals surface area (Å²) >= 11 is 0. The molecule has 144 valence electrons. The first-order valence-corrected chi connectivity index (χ1v) is 9.75. The van der Waals surface area contributed by atoms with Gasteiger partial charge in [-0.25, -0.2) is 4.39 Å². The van der Waals surface area contributed by atoms with Crippen LogP contribution in [0.15, 0.2) is 48.5 Å². The molecule has 1 aliphatic heterocycles. The van der Waals surface area contributed by atoms with Crippen LogP contribution in [0, 0.1) is 5.82 Å². The van der Waals surface area contributed by atoms with Gasteiger partial charge in [-0.2, -0.15) is 0 Å². The minimum atomic E-state index is -0.320. The van der Waals surface area contributed by atoms with E-state index in [0.717, 1.165) is 24.3 Å². The average Bonchev–Trinajstić information content (AvgIpc) is 2.70. The Morgan fingerprint density at radius 1 is 1.04 bits per heavy atom. The number of carbonyl (C=O) groups is 1. The third-order valence-electron chi connectivity index (χ3n) is 4.99. The Morgan fingerprint density at radius 3 is 2.37 bits per heavy atom. The minimum absolute atomic E-state index is 0.0442. The zero-order chi connectivity index (χ0) is 19.1. The van der Waals surface area contributed by atoms with Crippen molar-refractivity contribution >= 4 is 17.3 Å². The third kappa shape index (κ3) is 5.71. The van der Waals surface area contributed by atoms with Gasteiger partial charge in [0.05, 0.1) is 0 Å². The van der Waals surface area contributed by atoms with Crippen molar-refractivity contribution in [3.8, 4) is 0 Å². The lowest BCUT2D eigenvalue weighted by molar-refractivity contribution is -0.121. The molecule has 1 amide bonds. The van der Waals surface area contributed by atoms with E-state index in [4.69, 9.17) is 0 Å². The number of rotatable bonds is 7. The van der Waals surface area contributed by atoms with Gasteiger partial charge in [0.2, 0.25) is 5.91 Å². The summed E-state index contributed by atoms with van der Waals surface area (Å²) in [6, 6.07) is 14.3. The van der Waals surface area contributed by atoms with Crippen LogP contribution in [-0.2, 0) is 11.2 Å². The van der Waals surface area contributed by atoms with E-state index in [9.17, 15) is 9.18 Å². The van der Waals surface area contributed by atoms with Crippen molar-refractivity contribution in [1.29, 1.82) is 0 Å². The summed E-state index contributed by atoms with van der Waals surface area (Å²) in [6.45, 7) is 4.63. The van der Waals surface area contributed by atoms with E-state index in [-0.39, 0.29) is 17.8 Å². The Hall–Kier alpha value is -2.56. The van der Waals surface area contributed by atoms with Gasteiger partial charge in [0, 0.05) is 31.0 Å². The van der Waals surface area contributed by atoms with Gasteiger partial charge in [0.15, 0.2) is 0 Å². The molecule has 27 heavy (non-hydrogen) atoms. The van der Waals surface area contributed by atoms with Gasteiger partial charge < -0.3 is 15.5 Å². The molecular weight excluding hydrogens is 341 g/mol. The first kappa shape index (κ1) is 19.2. The highest BCUT2D eigenvalue weighted by molar-refractivity contribution is 5.84. The van der Waals surface area contributed by atoms with Crippen LogP contribution < -0.4 is 15.5 Å². The molecule has 2 aromatic rings. The summed E-state index contributed by atoms with van der Waals surface area (Å²) in [5, 5.41) is 6.17. The largest absolute Gasteiger partial charge is 0.374 e. The van der Waals surface area contributed by atoms with Crippen LogP contribution in [0.5, 0.6) is 0 Å². The number of hydrogen-bond acceptors (Lipinski definition) is 3. The van der Waals surface area contributed by atoms with E-state index < -0.39 is 0 Å². The summed E-state index contributed by atoms with van der Waals surface area (Å²) in [4.78, 5) is 14.7. The molecule has 0 radical (unpaired) electrons.